The molecule has 0 N–H and O–H groups in total. The maximum absolute atomic E-state index is 13.2. The molecular weight excluding hydrogens is 366 g/mol. The monoisotopic (exact) mass is 389 g/mol. The van der Waals surface area contributed by atoms with Crippen molar-refractivity contribution in [3.05, 3.63) is 53.7 Å². The topological polar surface area (TPSA) is 77.1 Å². The average molecular weight is 389 g/mol. The third-order valence-electron chi connectivity index (χ3n) is 6.93. The number of carbonyl (C=O) groups excluding carboxylic acids is 1. The lowest BCUT2D eigenvalue weighted by molar-refractivity contribution is 0.0768. The summed E-state index contributed by atoms with van der Waals surface area (Å²) in [5.74, 6) is 1.70. The Morgan fingerprint density at radius 2 is 2.10 bits per heavy atom. The summed E-state index contributed by atoms with van der Waals surface area (Å²) in [6, 6.07) is 11.9. The van der Waals surface area contributed by atoms with Crippen molar-refractivity contribution < 1.29 is 9.32 Å². The van der Waals surface area contributed by atoms with Crippen LogP contribution < -0.4 is 0 Å². The van der Waals surface area contributed by atoms with Crippen LogP contribution in [-0.4, -0.2) is 43.8 Å². The van der Waals surface area contributed by atoms with E-state index >= 15 is 0 Å². The number of benzene rings is 1. The Bertz CT molecular complexity index is 1050. The van der Waals surface area contributed by atoms with E-state index in [0.717, 1.165) is 50.8 Å². The van der Waals surface area contributed by atoms with Crippen LogP contribution >= 0.6 is 0 Å². The van der Waals surface area contributed by atoms with Gasteiger partial charge in [0, 0.05) is 30.9 Å². The molecule has 148 valence electrons. The quantitative estimate of drug-likeness (QED) is 0.688. The third-order valence-corrected chi connectivity index (χ3v) is 6.93. The summed E-state index contributed by atoms with van der Waals surface area (Å²) in [7, 11) is 0. The summed E-state index contributed by atoms with van der Waals surface area (Å²) in [5, 5.41) is 8.79. The largest absolute Gasteiger partial charge is 0.338 e. The van der Waals surface area contributed by atoms with Crippen LogP contribution in [0.3, 0.4) is 0 Å². The van der Waals surface area contributed by atoms with Crippen LogP contribution in [0.5, 0.6) is 0 Å². The highest BCUT2D eigenvalue weighted by atomic mass is 16.5. The van der Waals surface area contributed by atoms with Crippen molar-refractivity contribution >= 4 is 5.91 Å². The molecule has 0 spiro atoms. The minimum atomic E-state index is -0.224. The summed E-state index contributed by atoms with van der Waals surface area (Å²) in [5.41, 5.74) is 2.47. The first-order chi connectivity index (χ1) is 14.2. The fourth-order valence-electron chi connectivity index (χ4n) is 5.45. The van der Waals surface area contributed by atoms with E-state index in [9.17, 15) is 4.79 Å². The second kappa shape index (κ2) is 6.27. The number of hydrogen-bond donors (Lipinski definition) is 0. The van der Waals surface area contributed by atoms with Gasteiger partial charge in [-0.15, -0.1) is 0 Å². The molecule has 1 amide bonds. The van der Waals surface area contributed by atoms with Crippen LogP contribution in [0.4, 0.5) is 0 Å². The highest BCUT2D eigenvalue weighted by Crippen LogP contribution is 2.50. The van der Waals surface area contributed by atoms with E-state index < -0.39 is 0 Å². The molecule has 3 aliphatic rings. The van der Waals surface area contributed by atoms with Crippen LogP contribution in [0.1, 0.15) is 47.8 Å². The van der Waals surface area contributed by atoms with Crippen LogP contribution in [0.2, 0.25) is 0 Å². The summed E-state index contributed by atoms with van der Waals surface area (Å²) in [4.78, 5) is 19.9. The molecule has 1 aliphatic carbocycles. The molecule has 0 unspecified atom stereocenters. The molecule has 2 aliphatic heterocycles. The van der Waals surface area contributed by atoms with Gasteiger partial charge in [0.1, 0.15) is 0 Å². The summed E-state index contributed by atoms with van der Waals surface area (Å²) in [6.07, 6.45) is 5.34. The van der Waals surface area contributed by atoms with E-state index in [1.165, 1.54) is 5.69 Å². The van der Waals surface area contributed by atoms with Gasteiger partial charge < -0.3 is 9.42 Å². The molecule has 0 radical (unpaired) electrons. The first-order valence-electron chi connectivity index (χ1n) is 10.5. The second-order valence-corrected chi connectivity index (χ2v) is 8.57. The van der Waals surface area contributed by atoms with Crippen molar-refractivity contribution in [2.24, 2.45) is 5.92 Å². The molecule has 7 nitrogen and oxygen atoms in total. The standard InChI is InChI=1S/C22H23N5O2/c28-20(18-12-17-9-5-11-27(17)24-18)26-13-16-8-4-10-22(16,14-26)21-23-19(25-29-21)15-6-2-1-3-7-15/h1-3,6-7,12,16H,4-5,8-11,13-14H2/t16-,22-/m1/s1. The molecule has 2 atom stereocenters. The van der Waals surface area contributed by atoms with Gasteiger partial charge in [-0.1, -0.05) is 41.9 Å². The van der Waals surface area contributed by atoms with Crippen molar-refractivity contribution in [2.75, 3.05) is 13.1 Å². The van der Waals surface area contributed by atoms with E-state index in [4.69, 9.17) is 9.51 Å². The normalized spacial score (nSPS) is 25.4. The van der Waals surface area contributed by atoms with Gasteiger partial charge in [-0.05, 0) is 37.7 Å². The molecule has 4 heterocycles. The predicted octanol–water partition coefficient (Wildman–Crippen LogP) is 3.07. The van der Waals surface area contributed by atoms with Crippen LogP contribution in [0.15, 0.2) is 40.9 Å². The Hall–Kier alpha value is -2.96. The Morgan fingerprint density at radius 3 is 2.97 bits per heavy atom. The minimum absolute atomic E-state index is 0.0310. The molecule has 2 aromatic heterocycles. The molecule has 3 aromatic rings. The molecule has 7 heteroatoms. The maximum Gasteiger partial charge on any atom is 0.274 e. The molecule has 6 rings (SSSR count). The minimum Gasteiger partial charge on any atom is -0.338 e. The SMILES string of the molecule is O=C(c1cc2n(n1)CCC2)N1C[C@H]2CCC[C@@]2(c2nc(-c3ccccc3)no2)C1. The first kappa shape index (κ1) is 16.9. The van der Waals surface area contributed by atoms with Crippen molar-refractivity contribution in [1.82, 2.24) is 24.8 Å². The lowest BCUT2D eigenvalue weighted by Crippen LogP contribution is -2.35. The molecule has 1 aromatic carbocycles. The zero-order chi connectivity index (χ0) is 19.4. The van der Waals surface area contributed by atoms with Crippen LogP contribution in [0.25, 0.3) is 11.4 Å². The van der Waals surface area contributed by atoms with Crippen LogP contribution in [-0.2, 0) is 18.4 Å². The number of fused-ring (bicyclic) bond motifs is 2. The summed E-state index contributed by atoms with van der Waals surface area (Å²) in [6.45, 7) is 2.29. The highest BCUT2D eigenvalue weighted by molar-refractivity contribution is 5.92. The molecule has 0 bridgehead atoms. The molecule has 1 saturated heterocycles. The lowest BCUT2D eigenvalue weighted by atomic mass is 9.80. The maximum atomic E-state index is 13.2. The molecule has 29 heavy (non-hydrogen) atoms. The first-order valence-corrected chi connectivity index (χ1v) is 10.5. The van der Waals surface area contributed by atoms with Gasteiger partial charge >= 0.3 is 0 Å². The number of aromatic nitrogens is 4. The van der Waals surface area contributed by atoms with Gasteiger partial charge in [0.25, 0.3) is 5.91 Å². The number of carbonyl (C=O) groups is 1. The predicted molar refractivity (Wildman–Crippen MR) is 105 cm³/mol. The zero-order valence-corrected chi connectivity index (χ0v) is 16.3. The fraction of sp³-hybridized carbons (Fsp3) is 0.455. The van der Waals surface area contributed by atoms with E-state index in [0.29, 0.717) is 29.9 Å². The number of hydrogen-bond acceptors (Lipinski definition) is 5. The van der Waals surface area contributed by atoms with Crippen molar-refractivity contribution in [3.8, 4) is 11.4 Å². The average Bonchev–Trinajstić information content (AvgIpc) is 3.52. The Balaban J connectivity index is 1.29. The second-order valence-electron chi connectivity index (χ2n) is 8.57. The van der Waals surface area contributed by atoms with Gasteiger partial charge in [-0.25, -0.2) is 0 Å². The van der Waals surface area contributed by atoms with Gasteiger partial charge in [0.2, 0.25) is 11.7 Å². The number of amides is 1. The van der Waals surface area contributed by atoms with E-state index in [1.54, 1.807) is 0 Å². The van der Waals surface area contributed by atoms with Gasteiger partial charge in [-0.2, -0.15) is 10.1 Å². The van der Waals surface area contributed by atoms with Gasteiger partial charge in [0.15, 0.2) is 5.69 Å². The van der Waals surface area contributed by atoms with Crippen molar-refractivity contribution in [2.45, 2.75) is 44.1 Å². The number of nitrogens with zero attached hydrogens (tertiary/aromatic N) is 5. The van der Waals surface area contributed by atoms with Crippen LogP contribution in [0, 0.1) is 5.92 Å². The molecule has 2 fully saturated rings. The zero-order valence-electron chi connectivity index (χ0n) is 16.3. The van der Waals surface area contributed by atoms with Crippen molar-refractivity contribution in [1.29, 1.82) is 0 Å². The highest BCUT2D eigenvalue weighted by Gasteiger charge is 2.55. The fourth-order valence-corrected chi connectivity index (χ4v) is 5.45. The third kappa shape index (κ3) is 2.56. The lowest BCUT2D eigenvalue weighted by Gasteiger charge is -2.23. The smallest absolute Gasteiger partial charge is 0.274 e. The Morgan fingerprint density at radius 1 is 1.21 bits per heavy atom. The summed E-state index contributed by atoms with van der Waals surface area (Å²) >= 11 is 0. The Labute approximate surface area is 168 Å². The summed E-state index contributed by atoms with van der Waals surface area (Å²) < 4.78 is 7.75. The van der Waals surface area contributed by atoms with E-state index in [1.807, 2.05) is 46.0 Å². The van der Waals surface area contributed by atoms with E-state index in [-0.39, 0.29) is 11.3 Å². The number of aryl methyl sites for hydroxylation is 2. The number of rotatable bonds is 3. The molecule has 1 saturated carbocycles. The van der Waals surface area contributed by atoms with Gasteiger partial charge in [0.05, 0.1) is 5.41 Å². The van der Waals surface area contributed by atoms with Crippen molar-refractivity contribution in [3.63, 3.8) is 0 Å². The Kier molecular flexibility index (Phi) is 3.66. The van der Waals surface area contributed by atoms with Gasteiger partial charge in [-0.3, -0.25) is 9.48 Å². The van der Waals surface area contributed by atoms with E-state index in [2.05, 4.69) is 10.3 Å². The molecular formula is C22H23N5O2. The number of likely N-dealkylation sites (tertiary alicyclic amines) is 1.